The van der Waals surface area contributed by atoms with Crippen LogP contribution >= 0.6 is 15.9 Å². The van der Waals surface area contributed by atoms with Crippen LogP contribution in [0.4, 0.5) is 5.82 Å². The van der Waals surface area contributed by atoms with Crippen molar-refractivity contribution in [2.24, 2.45) is 5.92 Å². The van der Waals surface area contributed by atoms with E-state index in [-0.39, 0.29) is 29.8 Å². The Hall–Kier alpha value is -3.07. The molecule has 3 aromatic rings. The number of carbonyl (C=O) groups is 2. The second kappa shape index (κ2) is 8.74. The zero-order valence-corrected chi connectivity index (χ0v) is 17.7. The maximum atomic E-state index is 12.8. The molecule has 0 spiro atoms. The Morgan fingerprint density at radius 2 is 1.83 bits per heavy atom. The number of anilines is 1. The first-order valence-corrected chi connectivity index (χ1v) is 10.5. The molecule has 1 saturated heterocycles. The van der Waals surface area contributed by atoms with Gasteiger partial charge in [-0.05, 0) is 53.0 Å². The topological polar surface area (TPSA) is 97.2 Å². The lowest BCUT2D eigenvalue weighted by atomic mass is 9.96. The van der Waals surface area contributed by atoms with Crippen LogP contribution in [0.5, 0.6) is 0 Å². The molecule has 0 saturated carbocycles. The van der Waals surface area contributed by atoms with Crippen LogP contribution in [0.25, 0.3) is 11.0 Å². The summed E-state index contributed by atoms with van der Waals surface area (Å²) >= 11 is 3.31. The number of rotatable bonds is 4. The number of halogens is 1. The second-order valence-corrected chi connectivity index (χ2v) is 8.09. The monoisotopic (exact) mass is 469 g/mol. The first-order chi connectivity index (χ1) is 14.5. The van der Waals surface area contributed by atoms with Crippen molar-refractivity contribution in [2.75, 3.05) is 18.4 Å². The third-order valence-corrected chi connectivity index (χ3v) is 5.71. The van der Waals surface area contributed by atoms with Gasteiger partial charge in [-0.2, -0.15) is 0 Å². The Labute approximate surface area is 181 Å². The molecular weight excluding hydrogens is 450 g/mol. The van der Waals surface area contributed by atoms with Crippen molar-refractivity contribution in [3.05, 3.63) is 63.6 Å². The predicted molar refractivity (Wildman–Crippen MR) is 116 cm³/mol. The number of likely N-dealkylation sites (tertiary alicyclic amines) is 1. The smallest absolute Gasteiger partial charge is 0.269 e. The zero-order valence-electron chi connectivity index (χ0n) is 16.1. The maximum Gasteiger partial charge on any atom is 0.269 e. The zero-order chi connectivity index (χ0) is 21.1. The van der Waals surface area contributed by atoms with Crippen molar-refractivity contribution in [3.8, 4) is 0 Å². The van der Waals surface area contributed by atoms with Gasteiger partial charge in [0.05, 0.1) is 17.2 Å². The molecule has 0 radical (unpaired) electrons. The number of hydrogen-bond acceptors (Lipinski definition) is 5. The van der Waals surface area contributed by atoms with E-state index in [9.17, 15) is 14.4 Å². The molecule has 0 unspecified atom stereocenters. The van der Waals surface area contributed by atoms with E-state index in [1.165, 1.54) is 10.8 Å². The van der Waals surface area contributed by atoms with Crippen molar-refractivity contribution in [1.29, 1.82) is 0 Å². The predicted octanol–water partition coefficient (Wildman–Crippen LogP) is 2.43. The average molecular weight is 470 g/mol. The van der Waals surface area contributed by atoms with E-state index in [0.717, 1.165) is 4.47 Å². The van der Waals surface area contributed by atoms with Gasteiger partial charge in [0.25, 0.3) is 5.56 Å². The molecule has 2 aromatic heterocycles. The lowest BCUT2D eigenvalue weighted by molar-refractivity contribution is -0.135. The van der Waals surface area contributed by atoms with E-state index in [1.807, 2.05) is 18.2 Å². The first kappa shape index (κ1) is 20.2. The number of fused-ring (bicyclic) bond motifs is 1. The molecule has 2 amide bonds. The Morgan fingerprint density at radius 3 is 2.57 bits per heavy atom. The Kier molecular flexibility index (Phi) is 5.89. The number of para-hydroxylation sites is 2. The molecule has 1 aliphatic heterocycles. The Balaban J connectivity index is 1.37. The molecule has 0 atom stereocenters. The van der Waals surface area contributed by atoms with Crippen LogP contribution in [0.1, 0.15) is 12.8 Å². The van der Waals surface area contributed by atoms with E-state index < -0.39 is 0 Å². The SMILES string of the molecule is O=C(Nc1ccc(Br)cn1)C1CCN(C(=O)Cn2c(=O)cnc3ccccc32)CC1. The molecule has 3 heterocycles. The van der Waals surface area contributed by atoms with Crippen LogP contribution in [0.2, 0.25) is 0 Å². The molecule has 30 heavy (non-hydrogen) atoms. The Bertz CT molecular complexity index is 1140. The minimum absolute atomic E-state index is 0.0401. The van der Waals surface area contributed by atoms with Crippen molar-refractivity contribution >= 4 is 44.6 Å². The molecule has 0 aliphatic carbocycles. The molecule has 1 aliphatic rings. The molecule has 9 heteroatoms. The third-order valence-electron chi connectivity index (χ3n) is 5.24. The number of benzene rings is 1. The second-order valence-electron chi connectivity index (χ2n) is 7.18. The van der Waals surface area contributed by atoms with Gasteiger partial charge in [-0.1, -0.05) is 12.1 Å². The highest BCUT2D eigenvalue weighted by molar-refractivity contribution is 9.10. The average Bonchev–Trinajstić information content (AvgIpc) is 2.77. The van der Waals surface area contributed by atoms with Gasteiger partial charge >= 0.3 is 0 Å². The highest BCUT2D eigenvalue weighted by atomic mass is 79.9. The van der Waals surface area contributed by atoms with Gasteiger partial charge in [0.2, 0.25) is 11.8 Å². The van der Waals surface area contributed by atoms with Crippen molar-refractivity contribution in [1.82, 2.24) is 19.4 Å². The Morgan fingerprint density at radius 1 is 1.07 bits per heavy atom. The number of carbonyl (C=O) groups excluding carboxylic acids is 2. The van der Waals surface area contributed by atoms with Crippen LogP contribution in [-0.4, -0.2) is 44.3 Å². The summed E-state index contributed by atoms with van der Waals surface area (Å²) in [5.41, 5.74) is 0.995. The molecule has 154 valence electrons. The summed E-state index contributed by atoms with van der Waals surface area (Å²) < 4.78 is 2.29. The largest absolute Gasteiger partial charge is 0.341 e. The van der Waals surface area contributed by atoms with Crippen LogP contribution in [0.15, 0.2) is 58.1 Å². The van der Waals surface area contributed by atoms with E-state index in [2.05, 4.69) is 31.2 Å². The summed E-state index contributed by atoms with van der Waals surface area (Å²) in [4.78, 5) is 47.5. The number of pyridine rings is 1. The minimum atomic E-state index is -0.307. The molecule has 1 aromatic carbocycles. The summed E-state index contributed by atoms with van der Waals surface area (Å²) in [5, 5.41) is 2.82. The molecule has 1 fully saturated rings. The summed E-state index contributed by atoms with van der Waals surface area (Å²) in [7, 11) is 0. The summed E-state index contributed by atoms with van der Waals surface area (Å²) in [6, 6.07) is 10.8. The van der Waals surface area contributed by atoms with E-state index in [0.29, 0.717) is 42.8 Å². The number of hydrogen-bond donors (Lipinski definition) is 1. The maximum absolute atomic E-state index is 12.8. The van der Waals surface area contributed by atoms with Crippen molar-refractivity contribution < 1.29 is 9.59 Å². The minimum Gasteiger partial charge on any atom is -0.341 e. The molecule has 0 bridgehead atoms. The number of amides is 2. The number of aromatic nitrogens is 3. The van der Waals surface area contributed by atoms with E-state index in [4.69, 9.17) is 0 Å². The van der Waals surface area contributed by atoms with Crippen LogP contribution in [0.3, 0.4) is 0 Å². The summed E-state index contributed by atoms with van der Waals surface area (Å²) in [6.07, 6.45) is 4.00. The van der Waals surface area contributed by atoms with Gasteiger partial charge in [0.1, 0.15) is 12.4 Å². The highest BCUT2D eigenvalue weighted by Gasteiger charge is 2.28. The van der Waals surface area contributed by atoms with Crippen LogP contribution in [0, 0.1) is 5.92 Å². The highest BCUT2D eigenvalue weighted by Crippen LogP contribution is 2.20. The van der Waals surface area contributed by atoms with Crippen molar-refractivity contribution in [2.45, 2.75) is 19.4 Å². The molecule has 4 rings (SSSR count). The lowest BCUT2D eigenvalue weighted by Crippen LogP contribution is -2.43. The standard InChI is InChI=1S/C21H20BrN5O3/c22-15-5-6-18(24-11-15)25-21(30)14-7-9-26(10-8-14)20(29)13-27-17-4-2-1-3-16(17)23-12-19(27)28/h1-6,11-12,14H,7-10,13H2,(H,24,25,30). The fourth-order valence-corrected chi connectivity index (χ4v) is 3.82. The fraction of sp³-hybridized carbons (Fsp3) is 0.286. The van der Waals surface area contributed by atoms with Crippen LogP contribution < -0.4 is 10.9 Å². The number of piperidine rings is 1. The number of nitrogens with one attached hydrogen (secondary N) is 1. The normalized spacial score (nSPS) is 14.6. The fourth-order valence-electron chi connectivity index (χ4n) is 3.58. The van der Waals surface area contributed by atoms with Gasteiger partial charge in [-0.25, -0.2) is 9.97 Å². The quantitative estimate of drug-likeness (QED) is 0.632. The van der Waals surface area contributed by atoms with Gasteiger partial charge in [0, 0.05) is 29.7 Å². The summed E-state index contributed by atoms with van der Waals surface area (Å²) in [6.45, 7) is 0.909. The lowest BCUT2D eigenvalue weighted by Gasteiger charge is -2.31. The first-order valence-electron chi connectivity index (χ1n) is 9.66. The molecule has 1 N–H and O–H groups in total. The van der Waals surface area contributed by atoms with Gasteiger partial charge in [-0.15, -0.1) is 0 Å². The van der Waals surface area contributed by atoms with Gasteiger partial charge in [0.15, 0.2) is 0 Å². The van der Waals surface area contributed by atoms with Gasteiger partial charge < -0.3 is 10.2 Å². The third kappa shape index (κ3) is 4.40. The number of nitrogens with zero attached hydrogens (tertiary/aromatic N) is 4. The molecular formula is C21H20BrN5O3. The van der Waals surface area contributed by atoms with E-state index >= 15 is 0 Å². The summed E-state index contributed by atoms with van der Waals surface area (Å²) in [5.74, 6) is 0.102. The molecule has 8 nitrogen and oxygen atoms in total. The van der Waals surface area contributed by atoms with Crippen LogP contribution in [-0.2, 0) is 16.1 Å². The van der Waals surface area contributed by atoms with Crippen molar-refractivity contribution in [3.63, 3.8) is 0 Å². The van der Waals surface area contributed by atoms with Gasteiger partial charge in [-0.3, -0.25) is 19.0 Å². The van der Waals surface area contributed by atoms with E-state index in [1.54, 1.807) is 29.3 Å².